The van der Waals surface area contributed by atoms with E-state index >= 15 is 0 Å². The molecule has 0 aliphatic heterocycles. The molecule has 0 radical (unpaired) electrons. The van der Waals surface area contributed by atoms with E-state index in [4.69, 9.17) is 10.2 Å². The molecule has 2 aliphatic carbocycles. The first kappa shape index (κ1) is 18.3. The van der Waals surface area contributed by atoms with Crippen molar-refractivity contribution >= 4 is 11.9 Å². The molecular weight excluding hydrogens is 292 g/mol. The van der Waals surface area contributed by atoms with Gasteiger partial charge in [-0.25, -0.2) is 0 Å². The lowest BCUT2D eigenvalue weighted by atomic mass is 9.96. The average molecular weight is 324 g/mol. The summed E-state index contributed by atoms with van der Waals surface area (Å²) in [7, 11) is 0. The van der Waals surface area contributed by atoms with Gasteiger partial charge in [0.25, 0.3) is 0 Å². The molecule has 2 aliphatic rings. The molecule has 2 rings (SSSR count). The lowest BCUT2D eigenvalue weighted by Gasteiger charge is -2.09. The third-order valence-corrected chi connectivity index (χ3v) is 5.93. The van der Waals surface area contributed by atoms with E-state index in [2.05, 4.69) is 0 Å². The van der Waals surface area contributed by atoms with Crippen molar-refractivity contribution in [3.05, 3.63) is 0 Å². The lowest BCUT2D eigenvalue weighted by Crippen LogP contribution is -2.14. The largest absolute Gasteiger partial charge is 0.481 e. The van der Waals surface area contributed by atoms with Crippen molar-refractivity contribution in [1.29, 1.82) is 0 Å². The van der Waals surface area contributed by atoms with Gasteiger partial charge in [-0.1, -0.05) is 57.8 Å². The molecule has 0 aromatic heterocycles. The number of carboxylic acid groups (broad SMARTS) is 2. The molecule has 2 saturated carbocycles. The summed E-state index contributed by atoms with van der Waals surface area (Å²) in [4.78, 5) is 22.1. The minimum absolute atomic E-state index is 0.338. The van der Waals surface area contributed by atoms with Crippen LogP contribution in [-0.4, -0.2) is 22.2 Å². The van der Waals surface area contributed by atoms with Gasteiger partial charge in [-0.05, 0) is 38.5 Å². The van der Waals surface area contributed by atoms with E-state index in [0.717, 1.165) is 64.2 Å². The molecule has 0 spiro atoms. The Balaban J connectivity index is 1.34. The van der Waals surface area contributed by atoms with Crippen LogP contribution in [0.3, 0.4) is 0 Å². The van der Waals surface area contributed by atoms with E-state index in [0.29, 0.717) is 0 Å². The van der Waals surface area contributed by atoms with Crippen LogP contribution in [0.5, 0.6) is 0 Å². The Kier molecular flexibility index (Phi) is 6.49. The van der Waals surface area contributed by atoms with Crippen LogP contribution in [0.4, 0.5) is 0 Å². The van der Waals surface area contributed by atoms with Gasteiger partial charge >= 0.3 is 11.9 Å². The van der Waals surface area contributed by atoms with Crippen molar-refractivity contribution in [3.8, 4) is 0 Å². The standard InChI is InChI=1S/C19H32O4/c20-16(21)18(12-13-18)10-8-6-4-2-1-3-5-7-9-11-19(14-15-19)17(22)23/h1-15H2,(H,20,21)(H,22,23). The zero-order valence-electron chi connectivity index (χ0n) is 14.3. The molecule has 0 aromatic carbocycles. The van der Waals surface area contributed by atoms with Gasteiger partial charge in [0.05, 0.1) is 10.8 Å². The molecule has 132 valence electrons. The highest BCUT2D eigenvalue weighted by atomic mass is 16.4. The first-order valence-electron chi connectivity index (χ1n) is 9.48. The molecule has 0 bridgehead atoms. The minimum Gasteiger partial charge on any atom is -0.481 e. The third-order valence-electron chi connectivity index (χ3n) is 5.93. The van der Waals surface area contributed by atoms with Gasteiger partial charge in [0.15, 0.2) is 0 Å². The second-order valence-corrected chi connectivity index (χ2v) is 7.85. The summed E-state index contributed by atoms with van der Waals surface area (Å²) in [5.74, 6) is -1.18. The fraction of sp³-hybridized carbons (Fsp3) is 0.895. The predicted molar refractivity (Wildman–Crippen MR) is 89.4 cm³/mol. The Labute approximate surface area is 139 Å². The zero-order chi connectivity index (χ0) is 16.8. The first-order valence-corrected chi connectivity index (χ1v) is 9.48. The number of hydrogen-bond acceptors (Lipinski definition) is 2. The quantitative estimate of drug-likeness (QED) is 0.441. The number of hydrogen-bond donors (Lipinski definition) is 2. The van der Waals surface area contributed by atoms with Gasteiger partial charge < -0.3 is 10.2 Å². The Morgan fingerprint density at radius 3 is 1.04 bits per heavy atom. The number of carbonyl (C=O) groups is 2. The van der Waals surface area contributed by atoms with Crippen molar-refractivity contribution in [2.75, 3.05) is 0 Å². The van der Waals surface area contributed by atoms with E-state index in [1.807, 2.05) is 0 Å². The normalized spacial score (nSPS) is 20.2. The molecule has 2 N–H and O–H groups in total. The topological polar surface area (TPSA) is 74.6 Å². The van der Waals surface area contributed by atoms with E-state index in [1.54, 1.807) is 0 Å². The van der Waals surface area contributed by atoms with Crippen LogP contribution in [0.1, 0.15) is 96.3 Å². The average Bonchev–Trinajstić information content (AvgIpc) is 3.39. The Morgan fingerprint density at radius 2 is 0.826 bits per heavy atom. The van der Waals surface area contributed by atoms with Crippen molar-refractivity contribution in [2.24, 2.45) is 10.8 Å². The number of carboxylic acids is 2. The molecule has 4 nitrogen and oxygen atoms in total. The first-order chi connectivity index (χ1) is 11.0. The maximum Gasteiger partial charge on any atom is 0.309 e. The Hall–Kier alpha value is -1.06. The second-order valence-electron chi connectivity index (χ2n) is 7.85. The highest BCUT2D eigenvalue weighted by molar-refractivity contribution is 5.78. The fourth-order valence-corrected chi connectivity index (χ4v) is 3.61. The smallest absolute Gasteiger partial charge is 0.309 e. The SMILES string of the molecule is O=C(O)C1(CCCCCCCCCCCC2(C(=O)O)CC2)CC1. The zero-order valence-corrected chi connectivity index (χ0v) is 14.3. The van der Waals surface area contributed by atoms with Gasteiger partial charge in [0.2, 0.25) is 0 Å². The van der Waals surface area contributed by atoms with E-state index in [-0.39, 0.29) is 10.8 Å². The number of unbranched alkanes of at least 4 members (excludes halogenated alkanes) is 8. The van der Waals surface area contributed by atoms with Crippen LogP contribution in [0.25, 0.3) is 0 Å². The minimum atomic E-state index is -0.589. The fourth-order valence-electron chi connectivity index (χ4n) is 3.61. The van der Waals surface area contributed by atoms with Crippen molar-refractivity contribution in [2.45, 2.75) is 96.3 Å². The molecule has 0 aromatic rings. The van der Waals surface area contributed by atoms with E-state index in [9.17, 15) is 9.59 Å². The summed E-state index contributed by atoms with van der Waals surface area (Å²) in [6, 6.07) is 0. The predicted octanol–water partition coefficient (Wildman–Crippen LogP) is 5.01. The van der Waals surface area contributed by atoms with Gasteiger partial charge in [-0.15, -0.1) is 0 Å². The maximum absolute atomic E-state index is 11.0. The molecule has 0 heterocycles. The Morgan fingerprint density at radius 1 is 0.565 bits per heavy atom. The number of rotatable bonds is 14. The summed E-state index contributed by atoms with van der Waals surface area (Å²) < 4.78 is 0. The Bertz CT molecular complexity index is 370. The van der Waals surface area contributed by atoms with Crippen LogP contribution in [0.15, 0.2) is 0 Å². The van der Waals surface area contributed by atoms with Gasteiger partial charge in [-0.3, -0.25) is 9.59 Å². The van der Waals surface area contributed by atoms with Crippen molar-refractivity contribution in [1.82, 2.24) is 0 Å². The van der Waals surface area contributed by atoms with Gasteiger partial charge in [0.1, 0.15) is 0 Å². The highest BCUT2D eigenvalue weighted by Crippen LogP contribution is 2.50. The lowest BCUT2D eigenvalue weighted by molar-refractivity contribution is -0.144. The van der Waals surface area contributed by atoms with Gasteiger partial charge in [0, 0.05) is 0 Å². The molecule has 0 atom stereocenters. The van der Waals surface area contributed by atoms with Crippen LogP contribution in [0, 0.1) is 10.8 Å². The summed E-state index contributed by atoms with van der Waals surface area (Å²) in [5, 5.41) is 18.2. The molecular formula is C19H32O4. The monoisotopic (exact) mass is 324 g/mol. The summed E-state index contributed by atoms with van der Waals surface area (Å²) in [6.07, 6.45) is 15.9. The van der Waals surface area contributed by atoms with Crippen LogP contribution < -0.4 is 0 Å². The molecule has 2 fully saturated rings. The summed E-state index contributed by atoms with van der Waals surface area (Å²) >= 11 is 0. The summed E-state index contributed by atoms with van der Waals surface area (Å²) in [6.45, 7) is 0. The van der Waals surface area contributed by atoms with Crippen LogP contribution in [0.2, 0.25) is 0 Å². The van der Waals surface area contributed by atoms with Crippen molar-refractivity contribution in [3.63, 3.8) is 0 Å². The molecule has 0 amide bonds. The third kappa shape index (κ3) is 5.50. The molecule has 0 saturated heterocycles. The van der Waals surface area contributed by atoms with E-state index in [1.165, 1.54) is 32.1 Å². The maximum atomic E-state index is 11.0. The van der Waals surface area contributed by atoms with E-state index < -0.39 is 11.9 Å². The highest BCUT2D eigenvalue weighted by Gasteiger charge is 2.49. The molecule has 4 heteroatoms. The van der Waals surface area contributed by atoms with Gasteiger partial charge in [-0.2, -0.15) is 0 Å². The van der Waals surface area contributed by atoms with Crippen molar-refractivity contribution < 1.29 is 19.8 Å². The molecule has 23 heavy (non-hydrogen) atoms. The van der Waals surface area contributed by atoms with Crippen LogP contribution in [-0.2, 0) is 9.59 Å². The molecule has 0 unspecified atom stereocenters. The second kappa shape index (κ2) is 8.16. The summed E-state index contributed by atoms with van der Waals surface area (Å²) in [5.41, 5.74) is -0.677. The van der Waals surface area contributed by atoms with Crippen LogP contribution >= 0.6 is 0 Å². The number of aliphatic carboxylic acids is 2.